The van der Waals surface area contributed by atoms with Gasteiger partial charge in [-0.1, -0.05) is 5.16 Å². The highest BCUT2D eigenvalue weighted by Gasteiger charge is 2.32. The summed E-state index contributed by atoms with van der Waals surface area (Å²) in [6, 6.07) is 5.49. The van der Waals surface area contributed by atoms with Crippen molar-refractivity contribution in [2.24, 2.45) is 5.92 Å². The van der Waals surface area contributed by atoms with Crippen LogP contribution in [-0.2, 0) is 10.7 Å². The smallest absolute Gasteiger partial charge is 0.338 e. The van der Waals surface area contributed by atoms with Crippen molar-refractivity contribution in [2.45, 2.75) is 45.5 Å². The summed E-state index contributed by atoms with van der Waals surface area (Å²) in [6.07, 6.45) is 3.81. The summed E-state index contributed by atoms with van der Waals surface area (Å²) in [5.74, 6) is -2.76. The highest BCUT2D eigenvalue weighted by atomic mass is 19.3. The lowest BCUT2D eigenvalue weighted by molar-refractivity contribution is 0.00558. The molecule has 0 radical (unpaired) electrons. The van der Waals surface area contributed by atoms with Crippen LogP contribution in [-0.4, -0.2) is 42.9 Å². The summed E-state index contributed by atoms with van der Waals surface area (Å²) >= 11 is 0. The maximum atomic E-state index is 13.3. The molecule has 0 amide bonds. The van der Waals surface area contributed by atoms with Gasteiger partial charge in [0.05, 0.1) is 19.3 Å². The Hall–Kier alpha value is -2.71. The van der Waals surface area contributed by atoms with E-state index in [0.717, 1.165) is 43.9 Å². The Kier molecular flexibility index (Phi) is 6.89. The predicted molar refractivity (Wildman–Crippen MR) is 106 cm³/mol. The zero-order valence-electron chi connectivity index (χ0n) is 17.5. The number of benzene rings is 1. The quantitative estimate of drug-likeness (QED) is 0.461. The zero-order valence-corrected chi connectivity index (χ0v) is 17.5. The first-order valence-electron chi connectivity index (χ1n) is 10.1. The van der Waals surface area contributed by atoms with E-state index in [1.807, 2.05) is 17.9 Å². The molecule has 0 atom stereocenters. The topological polar surface area (TPSA) is 77.7 Å². The number of alkyl halides is 2. The summed E-state index contributed by atoms with van der Waals surface area (Å²) in [7, 11) is 1.36. The molecule has 164 valence electrons. The second-order valence-corrected chi connectivity index (χ2v) is 7.68. The Labute approximate surface area is 174 Å². The van der Waals surface area contributed by atoms with Crippen molar-refractivity contribution in [3.8, 4) is 5.75 Å². The van der Waals surface area contributed by atoms with Crippen molar-refractivity contribution >= 4 is 12.0 Å². The molecule has 1 fully saturated rings. The van der Waals surface area contributed by atoms with Gasteiger partial charge in [-0.3, -0.25) is 0 Å². The van der Waals surface area contributed by atoms with Gasteiger partial charge in [0.15, 0.2) is 0 Å². The van der Waals surface area contributed by atoms with Crippen LogP contribution < -0.4 is 9.64 Å². The number of carbonyl (C=O) groups is 1. The van der Waals surface area contributed by atoms with Crippen LogP contribution in [0.3, 0.4) is 0 Å². The number of nitrogens with zero attached hydrogens (tertiary/aromatic N) is 3. The summed E-state index contributed by atoms with van der Waals surface area (Å²) in [5, 5.41) is 3.38. The molecule has 7 nitrogen and oxygen atoms in total. The number of aryl methyl sites for hydroxylation is 1. The predicted octanol–water partition coefficient (Wildman–Crippen LogP) is 4.35. The monoisotopic (exact) mass is 423 g/mol. The molecule has 1 saturated heterocycles. The molecular formula is C21H27F2N3O4. The van der Waals surface area contributed by atoms with E-state index in [1.165, 1.54) is 7.11 Å². The number of halogens is 2. The van der Waals surface area contributed by atoms with Gasteiger partial charge in [-0.2, -0.15) is 13.8 Å². The van der Waals surface area contributed by atoms with Crippen LogP contribution in [0, 0.1) is 12.8 Å². The van der Waals surface area contributed by atoms with Crippen LogP contribution in [0.25, 0.3) is 0 Å². The molecule has 0 bridgehead atoms. The molecule has 0 aliphatic carbocycles. The van der Waals surface area contributed by atoms with Gasteiger partial charge < -0.3 is 18.9 Å². The summed E-state index contributed by atoms with van der Waals surface area (Å²) in [6.45, 7) is 4.61. The molecule has 0 spiro atoms. The van der Waals surface area contributed by atoms with Crippen LogP contribution in [0.1, 0.15) is 54.4 Å². The van der Waals surface area contributed by atoms with Crippen molar-refractivity contribution in [1.82, 2.24) is 10.1 Å². The summed E-state index contributed by atoms with van der Waals surface area (Å²) in [4.78, 5) is 17.3. The molecule has 1 aromatic heterocycles. The number of esters is 1. The Balaban J connectivity index is 1.39. The number of rotatable bonds is 8. The van der Waals surface area contributed by atoms with Gasteiger partial charge in [-0.15, -0.1) is 0 Å². The maximum Gasteiger partial charge on any atom is 0.338 e. The third-order valence-electron chi connectivity index (χ3n) is 5.32. The molecule has 0 unspecified atom stereocenters. The Bertz CT molecular complexity index is 858. The fourth-order valence-corrected chi connectivity index (χ4v) is 3.56. The number of piperidine rings is 1. The highest BCUT2D eigenvalue weighted by Crippen LogP contribution is 2.29. The maximum absolute atomic E-state index is 13.3. The first kappa shape index (κ1) is 22.0. The van der Waals surface area contributed by atoms with Crippen LogP contribution in [0.15, 0.2) is 22.7 Å². The van der Waals surface area contributed by atoms with Gasteiger partial charge in [-0.25, -0.2) is 4.79 Å². The Morgan fingerprint density at radius 2 is 2.07 bits per heavy atom. The minimum absolute atomic E-state index is 0.166. The molecular weight excluding hydrogens is 396 g/mol. The van der Waals surface area contributed by atoms with Crippen molar-refractivity contribution in [3.05, 3.63) is 35.2 Å². The lowest BCUT2D eigenvalue weighted by Gasteiger charge is -2.30. The number of hydrogen-bond acceptors (Lipinski definition) is 7. The number of ether oxygens (including phenoxy) is 2. The number of methoxy groups -OCH3 is 1. The molecule has 1 aliphatic heterocycles. The minimum Gasteiger partial charge on any atom is -0.494 e. The largest absolute Gasteiger partial charge is 0.494 e. The molecule has 0 N–H and O–H groups in total. The molecule has 2 heterocycles. The molecule has 1 aromatic carbocycles. The number of anilines is 1. The fourth-order valence-electron chi connectivity index (χ4n) is 3.56. The highest BCUT2D eigenvalue weighted by molar-refractivity contribution is 5.91. The van der Waals surface area contributed by atoms with E-state index in [-0.39, 0.29) is 12.0 Å². The third-order valence-corrected chi connectivity index (χ3v) is 5.32. The molecule has 0 saturated carbocycles. The second-order valence-electron chi connectivity index (χ2n) is 7.68. The van der Waals surface area contributed by atoms with Crippen molar-refractivity contribution in [2.75, 3.05) is 31.7 Å². The average molecular weight is 423 g/mol. The normalized spacial score (nSPS) is 15.3. The van der Waals surface area contributed by atoms with E-state index in [2.05, 4.69) is 10.1 Å². The van der Waals surface area contributed by atoms with Crippen molar-refractivity contribution in [3.63, 3.8) is 0 Å². The molecule has 2 aromatic rings. The Morgan fingerprint density at radius 3 is 2.67 bits per heavy atom. The van der Waals surface area contributed by atoms with Crippen LogP contribution in [0.2, 0.25) is 0 Å². The van der Waals surface area contributed by atoms with Gasteiger partial charge in [0.1, 0.15) is 5.75 Å². The van der Waals surface area contributed by atoms with Gasteiger partial charge >= 0.3 is 17.9 Å². The van der Waals surface area contributed by atoms with Gasteiger partial charge in [0, 0.05) is 20.0 Å². The fraction of sp³-hybridized carbons (Fsp3) is 0.571. The van der Waals surface area contributed by atoms with E-state index in [9.17, 15) is 13.6 Å². The number of carbonyl (C=O) groups excluding carboxylic acids is 1. The summed E-state index contributed by atoms with van der Waals surface area (Å²) < 4.78 is 42.0. The van der Waals surface area contributed by atoms with Crippen molar-refractivity contribution < 1.29 is 27.6 Å². The molecule has 9 heteroatoms. The number of hydrogen-bond donors (Lipinski definition) is 0. The first-order valence-corrected chi connectivity index (χ1v) is 10.1. The average Bonchev–Trinajstić information content (AvgIpc) is 3.22. The molecule has 30 heavy (non-hydrogen) atoms. The molecule has 3 rings (SSSR count). The van der Waals surface area contributed by atoms with Gasteiger partial charge in [-0.05, 0) is 62.3 Å². The van der Waals surface area contributed by atoms with E-state index in [0.29, 0.717) is 31.2 Å². The minimum atomic E-state index is -3.10. The van der Waals surface area contributed by atoms with E-state index >= 15 is 0 Å². The second kappa shape index (κ2) is 9.40. The molecule has 1 aliphatic rings. The van der Waals surface area contributed by atoms with E-state index in [4.69, 9.17) is 14.0 Å². The third kappa shape index (κ3) is 5.46. The SMILES string of the molecule is COC(=O)c1ccc(OCCCC2CCN(c3nc(C(C)(F)F)no3)CC2)cc1C. The first-order chi connectivity index (χ1) is 14.3. The van der Waals surface area contributed by atoms with Gasteiger partial charge in [0.25, 0.3) is 0 Å². The van der Waals surface area contributed by atoms with E-state index < -0.39 is 11.7 Å². The summed E-state index contributed by atoms with van der Waals surface area (Å²) in [5.41, 5.74) is 1.35. The van der Waals surface area contributed by atoms with Gasteiger partial charge in [0.2, 0.25) is 5.82 Å². The Morgan fingerprint density at radius 1 is 1.33 bits per heavy atom. The lowest BCUT2D eigenvalue weighted by Crippen LogP contribution is -2.34. The van der Waals surface area contributed by atoms with Crippen LogP contribution in [0.4, 0.5) is 14.8 Å². The lowest BCUT2D eigenvalue weighted by atomic mass is 9.92. The van der Waals surface area contributed by atoms with Crippen LogP contribution >= 0.6 is 0 Å². The standard InChI is InChI=1S/C21H27F2N3O4/c1-14-13-16(6-7-17(14)18(27)28-3)29-12-4-5-15-8-10-26(11-9-15)20-24-19(25-30-20)21(2,22)23/h6-7,13,15H,4-5,8-12H2,1-3H3. The van der Waals surface area contributed by atoms with Crippen LogP contribution in [0.5, 0.6) is 5.75 Å². The number of aromatic nitrogens is 2. The zero-order chi connectivity index (χ0) is 21.7. The van der Waals surface area contributed by atoms with Crippen molar-refractivity contribution in [1.29, 1.82) is 0 Å². The van der Waals surface area contributed by atoms with E-state index in [1.54, 1.807) is 12.1 Å².